The fraction of sp³-hybridized carbons (Fsp3) is 0.154. The summed E-state index contributed by atoms with van der Waals surface area (Å²) in [6.07, 6.45) is 1.67. The van der Waals surface area contributed by atoms with Crippen molar-refractivity contribution in [1.82, 2.24) is 4.98 Å². The van der Waals surface area contributed by atoms with E-state index >= 15 is 0 Å². The van der Waals surface area contributed by atoms with Gasteiger partial charge in [0.15, 0.2) is 0 Å². The van der Waals surface area contributed by atoms with E-state index in [-0.39, 0.29) is 5.69 Å². The van der Waals surface area contributed by atoms with E-state index in [1.54, 1.807) is 37.5 Å². The van der Waals surface area contributed by atoms with Gasteiger partial charge in [0.2, 0.25) is 0 Å². The van der Waals surface area contributed by atoms with E-state index in [9.17, 15) is 10.1 Å². The van der Waals surface area contributed by atoms with Crippen LogP contribution in [0.5, 0.6) is 0 Å². The van der Waals surface area contributed by atoms with Gasteiger partial charge < -0.3 is 5.32 Å². The number of nitrogens with zero attached hydrogens (tertiary/aromatic N) is 2. The molecule has 0 amide bonds. The van der Waals surface area contributed by atoms with Gasteiger partial charge in [0.05, 0.1) is 9.95 Å². The van der Waals surface area contributed by atoms with Crippen LogP contribution in [0.25, 0.3) is 0 Å². The van der Waals surface area contributed by atoms with Gasteiger partial charge in [-0.05, 0) is 23.8 Å². The Balaban J connectivity index is 2.16. The third kappa shape index (κ3) is 3.40. The van der Waals surface area contributed by atoms with Gasteiger partial charge in [-0.15, -0.1) is 11.8 Å². The van der Waals surface area contributed by atoms with Crippen molar-refractivity contribution in [1.29, 1.82) is 0 Å². The van der Waals surface area contributed by atoms with Crippen LogP contribution in [-0.2, 0) is 5.75 Å². The van der Waals surface area contributed by atoms with Crippen molar-refractivity contribution < 1.29 is 4.92 Å². The Morgan fingerprint density at radius 3 is 2.90 bits per heavy atom. The number of nitro groups is 1. The average Bonchev–Trinajstić information content (AvgIpc) is 2.46. The van der Waals surface area contributed by atoms with Crippen LogP contribution in [-0.4, -0.2) is 17.0 Å². The first-order valence-corrected chi connectivity index (χ1v) is 7.16. The number of aromatic nitrogens is 1. The van der Waals surface area contributed by atoms with Gasteiger partial charge in [-0.3, -0.25) is 10.1 Å². The number of rotatable bonds is 5. The predicted octanol–water partition coefficient (Wildman–Crippen LogP) is 3.98. The number of benzene rings is 1. The molecule has 2 aromatic rings. The van der Waals surface area contributed by atoms with Crippen LogP contribution < -0.4 is 5.32 Å². The second-order valence-electron chi connectivity index (χ2n) is 3.94. The van der Waals surface area contributed by atoms with Crippen molar-refractivity contribution in [2.24, 2.45) is 0 Å². The summed E-state index contributed by atoms with van der Waals surface area (Å²) in [5.74, 6) is 0.571. The highest BCUT2D eigenvalue weighted by Crippen LogP contribution is 2.30. The Labute approximate surface area is 125 Å². The molecule has 0 radical (unpaired) electrons. The molecule has 7 heteroatoms. The number of nitro benzene ring substituents is 1. The lowest BCUT2D eigenvalue weighted by molar-refractivity contribution is -0.384. The van der Waals surface area contributed by atoms with Crippen LogP contribution in [0.1, 0.15) is 5.56 Å². The third-order valence-electron chi connectivity index (χ3n) is 2.63. The van der Waals surface area contributed by atoms with E-state index in [1.807, 2.05) is 6.07 Å². The van der Waals surface area contributed by atoms with E-state index in [0.29, 0.717) is 16.5 Å². The van der Waals surface area contributed by atoms with Crippen LogP contribution in [0.2, 0.25) is 5.02 Å². The van der Waals surface area contributed by atoms with Crippen molar-refractivity contribution in [2.75, 3.05) is 12.4 Å². The second kappa shape index (κ2) is 6.58. The molecule has 0 fully saturated rings. The molecule has 20 heavy (non-hydrogen) atoms. The lowest BCUT2D eigenvalue weighted by Crippen LogP contribution is -1.97. The first kappa shape index (κ1) is 14.6. The number of nitrogens with one attached hydrogen (secondary N) is 1. The number of hydrogen-bond acceptors (Lipinski definition) is 5. The van der Waals surface area contributed by atoms with Gasteiger partial charge >= 0.3 is 0 Å². The lowest BCUT2D eigenvalue weighted by Gasteiger charge is -2.06. The van der Waals surface area contributed by atoms with E-state index < -0.39 is 4.92 Å². The van der Waals surface area contributed by atoms with Crippen LogP contribution >= 0.6 is 23.4 Å². The van der Waals surface area contributed by atoms with Gasteiger partial charge in [-0.2, -0.15) is 0 Å². The standard InChI is InChI=1S/C13H12ClN3O2S/c1-15-11-5-4-9(7-12(11)17(18)19)8-20-13-10(14)3-2-6-16-13/h2-7,15H,8H2,1H3. The fourth-order valence-electron chi connectivity index (χ4n) is 1.66. The quantitative estimate of drug-likeness (QED) is 0.514. The van der Waals surface area contributed by atoms with Crippen LogP contribution in [0, 0.1) is 10.1 Å². The minimum absolute atomic E-state index is 0.0673. The average molecular weight is 310 g/mol. The maximum atomic E-state index is 11.0. The number of thioether (sulfide) groups is 1. The molecule has 104 valence electrons. The highest BCUT2D eigenvalue weighted by Gasteiger charge is 2.13. The Morgan fingerprint density at radius 2 is 2.25 bits per heavy atom. The maximum Gasteiger partial charge on any atom is 0.292 e. The molecule has 0 atom stereocenters. The summed E-state index contributed by atoms with van der Waals surface area (Å²) in [6, 6.07) is 8.65. The smallest absolute Gasteiger partial charge is 0.292 e. The molecule has 0 spiro atoms. The summed E-state index contributed by atoms with van der Waals surface area (Å²) in [5, 5.41) is 15.1. The van der Waals surface area contributed by atoms with Gasteiger partial charge in [0.1, 0.15) is 10.7 Å². The summed E-state index contributed by atoms with van der Waals surface area (Å²) in [7, 11) is 1.66. The molecule has 2 rings (SSSR count). The summed E-state index contributed by atoms with van der Waals surface area (Å²) < 4.78 is 0. The van der Waals surface area contributed by atoms with E-state index in [1.165, 1.54) is 11.8 Å². The molecule has 5 nitrogen and oxygen atoms in total. The zero-order chi connectivity index (χ0) is 14.5. The molecule has 0 aliphatic heterocycles. The molecular weight excluding hydrogens is 298 g/mol. The third-order valence-corrected chi connectivity index (χ3v) is 4.12. The lowest BCUT2D eigenvalue weighted by atomic mass is 10.2. The second-order valence-corrected chi connectivity index (χ2v) is 5.31. The molecular formula is C13H12ClN3O2S. The number of halogens is 1. The molecule has 0 unspecified atom stereocenters. The monoisotopic (exact) mass is 309 g/mol. The fourth-order valence-corrected chi connectivity index (χ4v) is 2.77. The minimum atomic E-state index is -0.395. The molecule has 1 heterocycles. The first-order chi connectivity index (χ1) is 9.61. The van der Waals surface area contributed by atoms with Crippen molar-refractivity contribution >= 4 is 34.7 Å². The molecule has 1 aromatic carbocycles. The Bertz CT molecular complexity index is 637. The van der Waals surface area contributed by atoms with E-state index in [2.05, 4.69) is 10.3 Å². The van der Waals surface area contributed by atoms with Crippen molar-refractivity contribution in [3.63, 3.8) is 0 Å². The van der Waals surface area contributed by atoms with Gasteiger partial charge in [-0.1, -0.05) is 17.7 Å². The Kier molecular flexibility index (Phi) is 4.81. The van der Waals surface area contributed by atoms with Crippen LogP contribution in [0.4, 0.5) is 11.4 Å². The molecule has 0 aliphatic rings. The van der Waals surface area contributed by atoms with Gasteiger partial charge in [0, 0.05) is 25.1 Å². The SMILES string of the molecule is CNc1ccc(CSc2ncccc2Cl)cc1[N+](=O)[O-]. The predicted molar refractivity (Wildman–Crippen MR) is 81.5 cm³/mol. The van der Waals surface area contributed by atoms with Crippen molar-refractivity contribution in [2.45, 2.75) is 10.8 Å². The molecule has 0 saturated carbocycles. The molecule has 0 aliphatic carbocycles. The number of anilines is 1. The van der Waals surface area contributed by atoms with Crippen LogP contribution in [0.15, 0.2) is 41.6 Å². The Hall–Kier alpha value is -1.79. The first-order valence-electron chi connectivity index (χ1n) is 5.80. The topological polar surface area (TPSA) is 68.1 Å². The van der Waals surface area contributed by atoms with Crippen molar-refractivity contribution in [3.05, 3.63) is 57.2 Å². The molecule has 0 saturated heterocycles. The maximum absolute atomic E-state index is 11.0. The molecule has 0 bridgehead atoms. The highest BCUT2D eigenvalue weighted by atomic mass is 35.5. The normalized spacial score (nSPS) is 10.3. The summed E-state index contributed by atoms with van der Waals surface area (Å²) in [5.41, 5.74) is 1.42. The molecule has 1 aromatic heterocycles. The van der Waals surface area contributed by atoms with Crippen LogP contribution in [0.3, 0.4) is 0 Å². The van der Waals surface area contributed by atoms with Gasteiger partial charge in [-0.25, -0.2) is 4.98 Å². The zero-order valence-electron chi connectivity index (χ0n) is 10.7. The zero-order valence-corrected chi connectivity index (χ0v) is 12.2. The van der Waals surface area contributed by atoms with Crippen molar-refractivity contribution in [3.8, 4) is 0 Å². The molecule has 1 N–H and O–H groups in total. The van der Waals surface area contributed by atoms with E-state index in [0.717, 1.165) is 10.6 Å². The number of pyridine rings is 1. The largest absolute Gasteiger partial charge is 0.383 e. The van der Waals surface area contributed by atoms with Gasteiger partial charge in [0.25, 0.3) is 5.69 Å². The summed E-state index contributed by atoms with van der Waals surface area (Å²) in [4.78, 5) is 14.8. The highest BCUT2D eigenvalue weighted by molar-refractivity contribution is 7.98. The summed E-state index contributed by atoms with van der Waals surface area (Å²) in [6.45, 7) is 0. The number of hydrogen-bond donors (Lipinski definition) is 1. The Morgan fingerprint density at radius 1 is 1.45 bits per heavy atom. The summed E-state index contributed by atoms with van der Waals surface area (Å²) >= 11 is 7.47. The van der Waals surface area contributed by atoms with E-state index in [4.69, 9.17) is 11.6 Å². The minimum Gasteiger partial charge on any atom is -0.383 e.